The fourth-order valence-corrected chi connectivity index (χ4v) is 1.61. The van der Waals surface area contributed by atoms with Crippen molar-refractivity contribution in [3.8, 4) is 0 Å². The summed E-state index contributed by atoms with van der Waals surface area (Å²) in [6.07, 6.45) is 0. The number of hydrogen-bond acceptors (Lipinski definition) is 2. The molecular formula is C11H14BrClN2O. The Hall–Kier alpha value is -0.580. The standard InChI is InChI=1S/C11H14BrClN2O/c1-2-14-5-6-15-11(16)8-3-4-9(12)10(13)7-8/h3-4,7,14H,2,5-6H2,1H3,(H,15,16). The molecule has 1 aromatic carbocycles. The summed E-state index contributed by atoms with van der Waals surface area (Å²) in [6.45, 7) is 4.31. The van der Waals surface area contributed by atoms with E-state index in [0.29, 0.717) is 17.1 Å². The van der Waals surface area contributed by atoms with Gasteiger partial charge in [0.2, 0.25) is 0 Å². The van der Waals surface area contributed by atoms with Gasteiger partial charge in [0.05, 0.1) is 5.02 Å². The summed E-state index contributed by atoms with van der Waals surface area (Å²) in [5.41, 5.74) is 0.574. The van der Waals surface area contributed by atoms with E-state index in [9.17, 15) is 4.79 Å². The molecule has 2 N–H and O–H groups in total. The van der Waals surface area contributed by atoms with Crippen LogP contribution in [0.4, 0.5) is 0 Å². The summed E-state index contributed by atoms with van der Waals surface area (Å²) >= 11 is 9.18. The fourth-order valence-electron chi connectivity index (χ4n) is 1.18. The number of carbonyl (C=O) groups is 1. The average Bonchev–Trinajstić information content (AvgIpc) is 2.28. The third-order valence-electron chi connectivity index (χ3n) is 2.02. The minimum Gasteiger partial charge on any atom is -0.351 e. The molecule has 0 saturated carbocycles. The molecule has 1 rings (SSSR count). The molecule has 1 aromatic rings. The van der Waals surface area contributed by atoms with E-state index in [1.54, 1.807) is 18.2 Å². The summed E-state index contributed by atoms with van der Waals surface area (Å²) in [5, 5.41) is 6.47. The molecule has 0 bridgehead atoms. The molecule has 0 heterocycles. The number of likely N-dealkylation sites (N-methyl/N-ethyl adjacent to an activating group) is 1. The predicted octanol–water partition coefficient (Wildman–Crippen LogP) is 2.44. The molecule has 0 aliphatic carbocycles. The topological polar surface area (TPSA) is 41.1 Å². The van der Waals surface area contributed by atoms with Crippen LogP contribution in [0, 0.1) is 0 Å². The normalized spacial score (nSPS) is 10.2. The predicted molar refractivity (Wildman–Crippen MR) is 70.0 cm³/mol. The van der Waals surface area contributed by atoms with E-state index in [4.69, 9.17) is 11.6 Å². The van der Waals surface area contributed by atoms with Crippen LogP contribution in [0.25, 0.3) is 0 Å². The second-order valence-electron chi connectivity index (χ2n) is 3.24. The number of hydrogen-bond donors (Lipinski definition) is 2. The SMILES string of the molecule is CCNCCNC(=O)c1ccc(Br)c(Cl)c1. The van der Waals surface area contributed by atoms with Gasteiger partial charge in [-0.1, -0.05) is 18.5 Å². The van der Waals surface area contributed by atoms with E-state index in [1.165, 1.54) is 0 Å². The monoisotopic (exact) mass is 304 g/mol. The van der Waals surface area contributed by atoms with Gasteiger partial charge in [-0.25, -0.2) is 0 Å². The quantitative estimate of drug-likeness (QED) is 0.821. The van der Waals surface area contributed by atoms with Crippen LogP contribution in [0.1, 0.15) is 17.3 Å². The van der Waals surface area contributed by atoms with E-state index >= 15 is 0 Å². The van der Waals surface area contributed by atoms with Gasteiger partial charge >= 0.3 is 0 Å². The number of nitrogens with one attached hydrogen (secondary N) is 2. The number of carbonyl (C=O) groups excluding carboxylic acids is 1. The van der Waals surface area contributed by atoms with Crippen LogP contribution in [0.15, 0.2) is 22.7 Å². The summed E-state index contributed by atoms with van der Waals surface area (Å²) in [5.74, 6) is -0.104. The molecule has 0 fully saturated rings. The van der Waals surface area contributed by atoms with Gasteiger partial charge in [0, 0.05) is 23.1 Å². The molecule has 16 heavy (non-hydrogen) atoms. The van der Waals surface area contributed by atoms with Crippen molar-refractivity contribution in [2.24, 2.45) is 0 Å². The maximum absolute atomic E-state index is 11.7. The molecule has 0 saturated heterocycles. The van der Waals surface area contributed by atoms with Crippen molar-refractivity contribution in [2.45, 2.75) is 6.92 Å². The lowest BCUT2D eigenvalue weighted by atomic mass is 10.2. The van der Waals surface area contributed by atoms with Crippen LogP contribution in [0.2, 0.25) is 5.02 Å². The van der Waals surface area contributed by atoms with Crippen LogP contribution >= 0.6 is 27.5 Å². The van der Waals surface area contributed by atoms with E-state index in [-0.39, 0.29) is 5.91 Å². The first-order valence-electron chi connectivity index (χ1n) is 5.09. The Morgan fingerprint density at radius 2 is 2.19 bits per heavy atom. The first-order chi connectivity index (χ1) is 7.65. The van der Waals surface area contributed by atoms with Crippen molar-refractivity contribution >= 4 is 33.4 Å². The third kappa shape index (κ3) is 4.12. The second kappa shape index (κ2) is 6.89. The largest absolute Gasteiger partial charge is 0.351 e. The van der Waals surface area contributed by atoms with Crippen molar-refractivity contribution in [3.63, 3.8) is 0 Å². The maximum Gasteiger partial charge on any atom is 0.251 e. The lowest BCUT2D eigenvalue weighted by Gasteiger charge is -2.06. The lowest BCUT2D eigenvalue weighted by Crippen LogP contribution is -2.31. The highest BCUT2D eigenvalue weighted by Crippen LogP contribution is 2.22. The Labute approximate surface area is 109 Å². The number of halogens is 2. The first kappa shape index (κ1) is 13.5. The molecule has 3 nitrogen and oxygen atoms in total. The zero-order valence-corrected chi connectivity index (χ0v) is 11.4. The highest BCUT2D eigenvalue weighted by Gasteiger charge is 2.06. The van der Waals surface area contributed by atoms with Crippen molar-refractivity contribution in [1.82, 2.24) is 10.6 Å². The molecule has 1 amide bonds. The Kier molecular flexibility index (Phi) is 5.80. The van der Waals surface area contributed by atoms with Crippen molar-refractivity contribution in [1.29, 1.82) is 0 Å². The Morgan fingerprint density at radius 1 is 1.44 bits per heavy atom. The summed E-state index contributed by atoms with van der Waals surface area (Å²) in [7, 11) is 0. The fraction of sp³-hybridized carbons (Fsp3) is 0.364. The molecule has 0 unspecified atom stereocenters. The van der Waals surface area contributed by atoms with Gasteiger partial charge < -0.3 is 10.6 Å². The second-order valence-corrected chi connectivity index (χ2v) is 4.50. The van der Waals surface area contributed by atoms with Gasteiger partial charge in [0.15, 0.2) is 0 Å². The smallest absolute Gasteiger partial charge is 0.251 e. The number of benzene rings is 1. The van der Waals surface area contributed by atoms with Crippen molar-refractivity contribution < 1.29 is 4.79 Å². The van der Waals surface area contributed by atoms with E-state index in [0.717, 1.165) is 17.6 Å². The van der Waals surface area contributed by atoms with E-state index < -0.39 is 0 Å². The molecule has 88 valence electrons. The van der Waals surface area contributed by atoms with Crippen molar-refractivity contribution in [3.05, 3.63) is 33.3 Å². The zero-order chi connectivity index (χ0) is 12.0. The maximum atomic E-state index is 11.7. The van der Waals surface area contributed by atoms with E-state index in [2.05, 4.69) is 26.6 Å². The van der Waals surface area contributed by atoms with Crippen LogP contribution in [-0.2, 0) is 0 Å². The summed E-state index contributed by atoms with van der Waals surface area (Å²) < 4.78 is 0.790. The molecular weight excluding hydrogens is 291 g/mol. The Balaban J connectivity index is 2.50. The number of rotatable bonds is 5. The van der Waals surface area contributed by atoms with Gasteiger partial charge in [0.1, 0.15) is 0 Å². The van der Waals surface area contributed by atoms with Gasteiger partial charge in [-0.2, -0.15) is 0 Å². The summed E-state index contributed by atoms with van der Waals surface area (Å²) in [4.78, 5) is 11.7. The van der Waals surface area contributed by atoms with Gasteiger partial charge in [-0.15, -0.1) is 0 Å². The lowest BCUT2D eigenvalue weighted by molar-refractivity contribution is 0.0954. The minimum absolute atomic E-state index is 0.104. The van der Waals surface area contributed by atoms with Crippen molar-refractivity contribution in [2.75, 3.05) is 19.6 Å². The molecule has 0 spiro atoms. The first-order valence-corrected chi connectivity index (χ1v) is 6.26. The average molecular weight is 306 g/mol. The zero-order valence-electron chi connectivity index (χ0n) is 9.02. The number of amides is 1. The minimum atomic E-state index is -0.104. The van der Waals surface area contributed by atoms with Crippen LogP contribution in [-0.4, -0.2) is 25.5 Å². The molecule has 0 atom stereocenters. The van der Waals surface area contributed by atoms with Gasteiger partial charge in [0.25, 0.3) is 5.91 Å². The summed E-state index contributed by atoms with van der Waals surface area (Å²) in [6, 6.07) is 5.15. The van der Waals surface area contributed by atoms with Gasteiger partial charge in [-0.3, -0.25) is 4.79 Å². The van der Waals surface area contributed by atoms with E-state index in [1.807, 2.05) is 6.92 Å². The highest BCUT2D eigenvalue weighted by molar-refractivity contribution is 9.10. The van der Waals surface area contributed by atoms with Gasteiger partial charge in [-0.05, 0) is 40.7 Å². The van der Waals surface area contributed by atoms with Crippen LogP contribution < -0.4 is 10.6 Å². The third-order valence-corrected chi connectivity index (χ3v) is 3.25. The molecule has 0 radical (unpaired) electrons. The molecule has 0 aliphatic heterocycles. The molecule has 0 aliphatic rings. The highest BCUT2D eigenvalue weighted by atomic mass is 79.9. The van der Waals surface area contributed by atoms with Crippen LogP contribution in [0.5, 0.6) is 0 Å². The molecule has 5 heteroatoms. The molecule has 0 aromatic heterocycles. The Morgan fingerprint density at radius 3 is 2.81 bits per heavy atom. The van der Waals surface area contributed by atoms with Crippen LogP contribution in [0.3, 0.4) is 0 Å². The Bertz CT molecular complexity index is 371.